The molecule has 2 amide bonds. The van der Waals surface area contributed by atoms with Crippen LogP contribution in [0.5, 0.6) is 5.75 Å². The number of carbonyl (C=O) groups excluding carboxylic acids is 1. The van der Waals surface area contributed by atoms with Gasteiger partial charge in [0.15, 0.2) is 18.7 Å². The summed E-state index contributed by atoms with van der Waals surface area (Å²) in [6.45, 7) is 14.3. The second kappa shape index (κ2) is 12.3. The van der Waals surface area contributed by atoms with E-state index >= 15 is 0 Å². The van der Waals surface area contributed by atoms with Crippen molar-refractivity contribution in [2.45, 2.75) is 78.2 Å². The average molecular weight is 565 g/mol. The van der Waals surface area contributed by atoms with Crippen LogP contribution in [0.4, 0.5) is 4.79 Å². The van der Waals surface area contributed by atoms with E-state index in [1.807, 2.05) is 40.8 Å². The van der Waals surface area contributed by atoms with Gasteiger partial charge >= 0.3 is 6.03 Å². The van der Waals surface area contributed by atoms with Crippen molar-refractivity contribution in [2.75, 3.05) is 40.1 Å². The molecule has 2 aliphatic heterocycles. The van der Waals surface area contributed by atoms with E-state index in [4.69, 9.17) is 24.3 Å². The summed E-state index contributed by atoms with van der Waals surface area (Å²) in [6.07, 6.45) is 3.00. The number of carbonyl (C=O) groups is 1. The van der Waals surface area contributed by atoms with Crippen LogP contribution in [0.15, 0.2) is 30.3 Å². The lowest BCUT2D eigenvalue weighted by molar-refractivity contribution is -0.0371. The van der Waals surface area contributed by atoms with Crippen LogP contribution in [0, 0.1) is 6.92 Å². The first-order valence-corrected chi connectivity index (χ1v) is 14.7. The second-order valence-corrected chi connectivity index (χ2v) is 11.8. The number of nitrogens with zero attached hydrogens (tertiary/aromatic N) is 5. The molecule has 4 heterocycles. The number of hydrogen-bond donors (Lipinski definition) is 1. The number of urea groups is 1. The standard InChI is InChI=1S/C31H44N6O4/c1-7-32-30(38)36-19-31(4,5)35(17-21(36)2)18-24-16-26(23-11-13-25(14-12-23)41-20-39-6)33-29-28(24)22(3)34-37(29)27-10-8-9-15-40-27/h11-14,16,21,27H,7-10,15,17-20H2,1-6H3,(H,32,38). The van der Waals surface area contributed by atoms with Crippen molar-refractivity contribution in [3.8, 4) is 17.0 Å². The van der Waals surface area contributed by atoms with Gasteiger partial charge in [0.05, 0.1) is 11.4 Å². The van der Waals surface area contributed by atoms with Gasteiger partial charge in [0.1, 0.15) is 5.75 Å². The molecule has 10 heteroatoms. The number of pyridine rings is 1. The van der Waals surface area contributed by atoms with Crippen molar-refractivity contribution in [1.29, 1.82) is 0 Å². The van der Waals surface area contributed by atoms with E-state index in [0.29, 0.717) is 13.1 Å². The minimum absolute atomic E-state index is 0.00356. The normalized spacial score (nSPS) is 21.3. The fourth-order valence-electron chi connectivity index (χ4n) is 5.99. The predicted molar refractivity (Wildman–Crippen MR) is 159 cm³/mol. The van der Waals surface area contributed by atoms with Gasteiger partial charge in [-0.05, 0) is 89.8 Å². The maximum Gasteiger partial charge on any atom is 0.317 e. The molecule has 2 unspecified atom stereocenters. The Kier molecular flexibility index (Phi) is 8.82. The maximum atomic E-state index is 12.8. The number of nitrogens with one attached hydrogen (secondary N) is 1. The molecule has 1 N–H and O–H groups in total. The van der Waals surface area contributed by atoms with E-state index in [0.717, 1.165) is 72.7 Å². The Morgan fingerprint density at radius 1 is 1.22 bits per heavy atom. The molecule has 10 nitrogen and oxygen atoms in total. The van der Waals surface area contributed by atoms with E-state index < -0.39 is 0 Å². The number of hydrogen-bond acceptors (Lipinski definition) is 7. The van der Waals surface area contributed by atoms with Gasteiger partial charge < -0.3 is 24.4 Å². The quantitative estimate of drug-likeness (QED) is 0.380. The zero-order valence-corrected chi connectivity index (χ0v) is 25.3. The van der Waals surface area contributed by atoms with Crippen molar-refractivity contribution in [3.05, 3.63) is 41.6 Å². The van der Waals surface area contributed by atoms with Crippen molar-refractivity contribution in [1.82, 2.24) is 29.9 Å². The molecule has 2 atom stereocenters. The molecule has 0 saturated carbocycles. The number of methoxy groups -OCH3 is 1. The van der Waals surface area contributed by atoms with Crippen LogP contribution >= 0.6 is 0 Å². The highest BCUT2D eigenvalue weighted by molar-refractivity contribution is 5.85. The molecule has 1 aromatic carbocycles. The third-order valence-corrected chi connectivity index (χ3v) is 8.22. The second-order valence-electron chi connectivity index (χ2n) is 11.8. The smallest absolute Gasteiger partial charge is 0.317 e. The molecular weight excluding hydrogens is 520 g/mol. The lowest BCUT2D eigenvalue weighted by atomic mass is 9.94. The molecule has 0 aliphatic carbocycles. The Morgan fingerprint density at radius 3 is 2.68 bits per heavy atom. The third kappa shape index (κ3) is 6.19. The highest BCUT2D eigenvalue weighted by atomic mass is 16.7. The number of fused-ring (bicyclic) bond motifs is 1. The van der Waals surface area contributed by atoms with Crippen molar-refractivity contribution < 1.29 is 19.0 Å². The lowest BCUT2D eigenvalue weighted by Crippen LogP contribution is -2.64. The number of benzene rings is 1. The van der Waals surface area contributed by atoms with E-state index in [2.05, 4.69) is 44.0 Å². The van der Waals surface area contributed by atoms with E-state index in [-0.39, 0.29) is 30.6 Å². The highest BCUT2D eigenvalue weighted by Gasteiger charge is 2.39. The summed E-state index contributed by atoms with van der Waals surface area (Å²) >= 11 is 0. The van der Waals surface area contributed by atoms with E-state index in [1.165, 1.54) is 5.56 Å². The molecule has 2 saturated heterocycles. The van der Waals surface area contributed by atoms with Gasteiger partial charge in [-0.15, -0.1) is 0 Å². The molecule has 2 fully saturated rings. The Morgan fingerprint density at radius 2 is 2.00 bits per heavy atom. The molecule has 0 spiro atoms. The minimum atomic E-state index is -0.218. The molecule has 2 aromatic heterocycles. The van der Waals surface area contributed by atoms with Crippen LogP contribution in [0.25, 0.3) is 22.3 Å². The predicted octanol–water partition coefficient (Wildman–Crippen LogP) is 5.10. The Hall–Kier alpha value is -3.21. The van der Waals surface area contributed by atoms with Gasteiger partial charge in [-0.3, -0.25) is 4.90 Å². The molecule has 0 radical (unpaired) electrons. The van der Waals surface area contributed by atoms with Crippen LogP contribution in [-0.2, 0) is 16.0 Å². The Bertz CT molecular complexity index is 1350. The largest absolute Gasteiger partial charge is 0.468 e. The van der Waals surface area contributed by atoms with Crippen LogP contribution in [-0.4, -0.2) is 82.3 Å². The van der Waals surface area contributed by atoms with Gasteiger partial charge in [-0.1, -0.05) is 0 Å². The molecule has 5 rings (SSSR count). The summed E-state index contributed by atoms with van der Waals surface area (Å²) in [5, 5.41) is 9.03. The van der Waals surface area contributed by atoms with Crippen molar-refractivity contribution in [3.63, 3.8) is 0 Å². The van der Waals surface area contributed by atoms with Gasteiger partial charge in [0.25, 0.3) is 0 Å². The maximum absolute atomic E-state index is 12.8. The van der Waals surface area contributed by atoms with Gasteiger partial charge in [0, 0.05) is 62.4 Å². The summed E-state index contributed by atoms with van der Waals surface area (Å²) in [5.41, 5.74) is 4.66. The zero-order chi connectivity index (χ0) is 29.1. The molecule has 2 aliphatic rings. The number of piperazine rings is 1. The fraction of sp³-hybridized carbons (Fsp3) is 0.581. The Labute approximate surface area is 242 Å². The van der Waals surface area contributed by atoms with Crippen molar-refractivity contribution >= 4 is 17.1 Å². The fourth-order valence-corrected chi connectivity index (χ4v) is 5.99. The van der Waals surface area contributed by atoms with Crippen LogP contribution in [0.1, 0.15) is 64.4 Å². The summed E-state index contributed by atoms with van der Waals surface area (Å²) in [6, 6.07) is 10.2. The number of aryl methyl sites for hydroxylation is 1. The first-order chi connectivity index (χ1) is 19.7. The van der Waals surface area contributed by atoms with Gasteiger partial charge in [-0.25, -0.2) is 14.5 Å². The van der Waals surface area contributed by atoms with Crippen LogP contribution in [0.3, 0.4) is 0 Å². The third-order valence-electron chi connectivity index (χ3n) is 8.22. The summed E-state index contributed by atoms with van der Waals surface area (Å²) < 4.78 is 18.8. The number of amides is 2. The summed E-state index contributed by atoms with van der Waals surface area (Å²) in [7, 11) is 1.61. The highest BCUT2D eigenvalue weighted by Crippen LogP contribution is 2.34. The monoisotopic (exact) mass is 564 g/mol. The van der Waals surface area contributed by atoms with Gasteiger partial charge in [-0.2, -0.15) is 5.10 Å². The zero-order valence-electron chi connectivity index (χ0n) is 25.3. The summed E-state index contributed by atoms with van der Waals surface area (Å²) in [4.78, 5) is 22.4. The Balaban J connectivity index is 1.54. The minimum Gasteiger partial charge on any atom is -0.468 e. The topological polar surface area (TPSA) is 94.0 Å². The van der Waals surface area contributed by atoms with Crippen LogP contribution < -0.4 is 10.1 Å². The number of ether oxygens (including phenoxy) is 3. The first kappa shape index (κ1) is 29.3. The SMILES string of the molecule is CCNC(=O)N1CC(C)(C)N(Cc2cc(-c3ccc(OCOC)cc3)nc3c2c(C)nn3C2CCCCO2)CC1C. The lowest BCUT2D eigenvalue weighted by Gasteiger charge is -2.50. The average Bonchev–Trinajstić information content (AvgIpc) is 3.31. The molecule has 41 heavy (non-hydrogen) atoms. The molecule has 0 bridgehead atoms. The molecular formula is C31H44N6O4. The van der Waals surface area contributed by atoms with E-state index in [9.17, 15) is 4.79 Å². The molecule has 222 valence electrons. The number of rotatable bonds is 8. The first-order valence-electron chi connectivity index (χ1n) is 14.7. The van der Waals surface area contributed by atoms with Gasteiger partial charge in [0.2, 0.25) is 0 Å². The van der Waals surface area contributed by atoms with Crippen LogP contribution in [0.2, 0.25) is 0 Å². The summed E-state index contributed by atoms with van der Waals surface area (Å²) in [5.74, 6) is 0.745. The van der Waals surface area contributed by atoms with E-state index in [1.54, 1.807) is 7.11 Å². The molecule has 3 aromatic rings. The number of aromatic nitrogens is 3. The van der Waals surface area contributed by atoms with Crippen molar-refractivity contribution in [2.24, 2.45) is 0 Å².